The summed E-state index contributed by atoms with van der Waals surface area (Å²) in [6, 6.07) is 0. The van der Waals surface area contributed by atoms with Gasteiger partial charge < -0.3 is 0 Å². The molecule has 194 valence electrons. The summed E-state index contributed by atoms with van der Waals surface area (Å²) >= 11 is 0. The van der Waals surface area contributed by atoms with Gasteiger partial charge in [-0.2, -0.15) is 0 Å². The molecule has 0 nitrogen and oxygen atoms in total. The molecule has 0 amide bonds. The first-order valence-electron chi connectivity index (χ1n) is 14.8. The molecule has 0 fully saturated rings. The molecule has 0 saturated carbocycles. The fourth-order valence-electron chi connectivity index (χ4n) is 4.54. The van der Waals surface area contributed by atoms with E-state index in [1.54, 1.807) is 0 Å². The molecule has 0 unspecified atom stereocenters. The van der Waals surface area contributed by atoms with Crippen LogP contribution in [0, 0.1) is 0 Å². The van der Waals surface area contributed by atoms with Gasteiger partial charge in [-0.1, -0.05) is 0 Å². The Morgan fingerprint density at radius 3 is 0.758 bits per heavy atom. The molecule has 0 saturated heterocycles. The summed E-state index contributed by atoms with van der Waals surface area (Å²) in [6.45, 7) is 9.17. The summed E-state index contributed by atoms with van der Waals surface area (Å²) in [7, 11) is -1.27. The van der Waals surface area contributed by atoms with Crippen molar-refractivity contribution in [2.75, 3.05) is 24.6 Å². The van der Waals surface area contributed by atoms with Crippen molar-refractivity contribution >= 4 is 7.26 Å². The van der Waals surface area contributed by atoms with Crippen LogP contribution in [0.4, 0.5) is 0 Å². The molecule has 0 bridgehead atoms. The van der Waals surface area contributed by atoms with E-state index in [9.17, 15) is 0 Å². The van der Waals surface area contributed by atoms with E-state index in [1.807, 2.05) is 0 Å². The van der Waals surface area contributed by atoms with Crippen LogP contribution in [0.5, 0.6) is 0 Å². The van der Waals surface area contributed by atoms with Crippen LogP contribution in [0.1, 0.15) is 130 Å². The Balaban J connectivity index is 5.09. The van der Waals surface area contributed by atoms with Crippen molar-refractivity contribution in [2.45, 2.75) is 130 Å². The molecule has 0 spiro atoms. The molecule has 0 aromatic heterocycles. The predicted octanol–water partition coefficient (Wildman–Crippen LogP) is 11.3. The molecule has 0 N–H and O–H groups in total. The molecule has 0 atom stereocenters. The number of rotatable bonds is 24. The summed E-state index contributed by atoms with van der Waals surface area (Å²) in [5.74, 6) is 0. The zero-order valence-corrected chi connectivity index (χ0v) is 24.3. The van der Waals surface area contributed by atoms with Gasteiger partial charge in [-0.3, -0.25) is 0 Å². The van der Waals surface area contributed by atoms with Gasteiger partial charge in [0.2, 0.25) is 0 Å². The van der Waals surface area contributed by atoms with E-state index in [1.165, 1.54) is 127 Å². The van der Waals surface area contributed by atoms with Crippen LogP contribution in [-0.4, -0.2) is 24.6 Å². The number of allylic oxidation sites excluding steroid dienone is 8. The Hall–Kier alpha value is -0.610. The van der Waals surface area contributed by atoms with Crippen LogP contribution in [-0.2, 0) is 0 Å². The quantitative estimate of drug-likeness (QED) is 0.0738. The van der Waals surface area contributed by atoms with Crippen molar-refractivity contribution in [3.63, 3.8) is 0 Å². The Labute approximate surface area is 210 Å². The Morgan fingerprint density at radius 1 is 0.333 bits per heavy atom. The Morgan fingerprint density at radius 2 is 0.545 bits per heavy atom. The monoisotopic (exact) mass is 476 g/mol. The fraction of sp³-hybridized carbons (Fsp3) is 0.750. The molecule has 1 heteroatoms. The molecular formula is C32H61P. The van der Waals surface area contributed by atoms with Gasteiger partial charge in [0.15, 0.2) is 0 Å². The van der Waals surface area contributed by atoms with E-state index in [0.717, 1.165) is 0 Å². The maximum absolute atomic E-state index is 2.52. The second kappa shape index (κ2) is 26.0. The van der Waals surface area contributed by atoms with Crippen molar-refractivity contribution in [1.82, 2.24) is 0 Å². The van der Waals surface area contributed by atoms with Crippen molar-refractivity contribution in [3.8, 4) is 0 Å². The van der Waals surface area contributed by atoms with Gasteiger partial charge >= 0.3 is 211 Å². The van der Waals surface area contributed by atoms with Gasteiger partial charge in [-0.25, -0.2) is 0 Å². The van der Waals surface area contributed by atoms with E-state index >= 15 is 0 Å². The average molecular weight is 477 g/mol. The first-order valence-corrected chi connectivity index (χ1v) is 17.7. The second-order valence-electron chi connectivity index (χ2n) is 10.1. The van der Waals surface area contributed by atoms with Crippen molar-refractivity contribution in [3.05, 3.63) is 48.6 Å². The summed E-state index contributed by atoms with van der Waals surface area (Å²) in [4.78, 5) is 0. The fourth-order valence-corrected chi connectivity index (χ4v) is 9.15. The van der Waals surface area contributed by atoms with E-state index < -0.39 is 7.26 Å². The minimum absolute atomic E-state index is 1.27. The van der Waals surface area contributed by atoms with Gasteiger partial charge in [0.25, 0.3) is 0 Å². The summed E-state index contributed by atoms with van der Waals surface area (Å²) in [6.07, 6.45) is 46.8. The van der Waals surface area contributed by atoms with Gasteiger partial charge in [-0.05, 0) is 0 Å². The van der Waals surface area contributed by atoms with Gasteiger partial charge in [0.05, 0.1) is 0 Å². The van der Waals surface area contributed by atoms with E-state index in [2.05, 4.69) is 76.3 Å². The number of unbranched alkanes of at least 4 members (excludes halogenated alkanes) is 8. The average Bonchev–Trinajstić information content (AvgIpc) is 2.83. The van der Waals surface area contributed by atoms with Crippen molar-refractivity contribution in [2.24, 2.45) is 0 Å². The zero-order chi connectivity index (χ0) is 24.3. The number of hydrogen-bond acceptors (Lipinski definition) is 0. The molecule has 0 aliphatic heterocycles. The number of hydrogen-bond donors (Lipinski definition) is 0. The van der Waals surface area contributed by atoms with Gasteiger partial charge in [0.1, 0.15) is 0 Å². The summed E-state index contributed by atoms with van der Waals surface area (Å²) in [5, 5.41) is 0. The van der Waals surface area contributed by atoms with Gasteiger partial charge in [0, 0.05) is 0 Å². The van der Waals surface area contributed by atoms with Gasteiger partial charge in [-0.15, -0.1) is 0 Å². The molecule has 0 aromatic rings. The van der Waals surface area contributed by atoms with E-state index in [0.29, 0.717) is 0 Å². The first-order chi connectivity index (χ1) is 16.2. The molecule has 0 rings (SSSR count). The minimum atomic E-state index is -1.27. The van der Waals surface area contributed by atoms with Crippen LogP contribution in [0.25, 0.3) is 0 Å². The van der Waals surface area contributed by atoms with Crippen molar-refractivity contribution < 1.29 is 0 Å². The molecule has 0 aliphatic rings. The molecule has 0 aromatic carbocycles. The third kappa shape index (κ3) is 21.6. The summed E-state index contributed by atoms with van der Waals surface area (Å²) < 4.78 is 0. The van der Waals surface area contributed by atoms with Crippen LogP contribution in [0.2, 0.25) is 0 Å². The molecule has 0 radical (unpaired) electrons. The van der Waals surface area contributed by atoms with Crippen LogP contribution in [0.3, 0.4) is 0 Å². The Bertz CT molecular complexity index is 403. The van der Waals surface area contributed by atoms with E-state index in [-0.39, 0.29) is 0 Å². The third-order valence-electron chi connectivity index (χ3n) is 6.93. The topological polar surface area (TPSA) is 0 Å². The maximum atomic E-state index is 2.52. The van der Waals surface area contributed by atoms with Crippen molar-refractivity contribution in [1.29, 1.82) is 0 Å². The Kier molecular flexibility index (Phi) is 25.5. The SMILES string of the molecule is CCCCC=CCC[PH](CCC=CCCCC)(CCC=CCCCC)CCC=CCCCC. The first kappa shape index (κ1) is 32.4. The van der Waals surface area contributed by atoms with E-state index in [4.69, 9.17) is 0 Å². The molecule has 33 heavy (non-hydrogen) atoms. The molecule has 0 aliphatic carbocycles. The zero-order valence-electron chi connectivity index (χ0n) is 23.3. The molecular weight excluding hydrogens is 415 g/mol. The second-order valence-corrected chi connectivity index (χ2v) is 15.1. The summed E-state index contributed by atoms with van der Waals surface area (Å²) in [5.41, 5.74) is 0. The standard InChI is InChI=1S/C32H61P/c1-5-9-13-17-21-25-29-33(30-26-22-18-14-10-6-2,31-27-23-19-15-11-7-3)32-28-24-20-16-12-8-4/h17-24,33H,5-16,25-32H2,1-4H3. The molecule has 0 heterocycles. The van der Waals surface area contributed by atoms with Crippen LogP contribution in [0.15, 0.2) is 48.6 Å². The third-order valence-corrected chi connectivity index (χ3v) is 12.3. The predicted molar refractivity (Wildman–Crippen MR) is 161 cm³/mol. The van der Waals surface area contributed by atoms with Crippen LogP contribution >= 0.6 is 7.26 Å². The normalized spacial score (nSPS) is 13.5. The van der Waals surface area contributed by atoms with Crippen LogP contribution < -0.4 is 0 Å².